The number of fused-ring (bicyclic) bond motifs is 2. The van der Waals surface area contributed by atoms with Gasteiger partial charge >= 0.3 is 41.0 Å². The van der Waals surface area contributed by atoms with E-state index in [1.54, 1.807) is 116 Å². The Morgan fingerprint density at radius 3 is 1.26 bits per heavy atom. The van der Waals surface area contributed by atoms with Crippen molar-refractivity contribution in [3.63, 3.8) is 0 Å². The average molecular weight is 2070 g/mol. The summed E-state index contributed by atoms with van der Waals surface area (Å²) in [6, 6.07) is 37.0. The molecule has 26 nitrogen and oxygen atoms in total. The molecule has 1 saturated heterocycles. The summed E-state index contributed by atoms with van der Waals surface area (Å²) in [5.41, 5.74) is 21.4. The third-order valence-corrected chi connectivity index (χ3v) is 24.9. The maximum absolute atomic E-state index is 12.7. The third-order valence-electron chi connectivity index (χ3n) is 18.9. The van der Waals surface area contributed by atoms with Crippen LogP contribution in [0.15, 0.2) is 164 Å². The van der Waals surface area contributed by atoms with Crippen LogP contribution in [0.5, 0.6) is 23.0 Å². The van der Waals surface area contributed by atoms with E-state index >= 15 is 0 Å². The minimum Gasteiger partial charge on any atom is -1.00 e. The zero-order chi connectivity index (χ0) is 95.5. The standard InChI is InChI=1S/C22H28N2O6S.C12H20OS.C11H17N3OS.C11H19NOS.C11H18O2S.C10H11NO4.C9H14O2S.C5H6OS.C4H8O.C3H7.CH4.2ClH.Mg/c1-2-3-5-16(12-28-13-17-6-4-9-31-17)23-22(27)24-18(11-21(25)26)15-7-8-19-20(10-15)30-14-29-19;1-3-4-6-11(2)9-13-10-12-7-5-8-14-12;1-2-3-5-10(13-14-12)8-15-9-11-6-4-7-16-11;2*1-2-3-5-10(12)8-13-9-11-6-4-7-14-11;11-7(4-10(12)13)6-1-2-8-9(3-6)15-5-14-8;1-2-8(10)6-11-7-9-4-3-5-12-9;6-4-5-2-1-3-7-5;1-2-4-3-5-4;1-3-2;;;;/h4,6-10,16,18H,2-3,5,11-14H2,1H3,(H,25,26)(H2,23,24,27);5,7-8,11H,3-4,6,9-10H2,1-2H3;4,6-7,10H,2-3,5,8-9H2,1H3;4,6-7,10H,2-3,5,8-9,12H2,1H3;4,6-7,10,12H,2-3,5,8-9H2,1H3;1-3,7H,4-5,11H2,(H,12,13);3-5,8,10H,2,6-7H2,1H3;1-3,6H,4H2;4H,2-3H2,1H3;1,3H2,2H3;1H4;2*1H;/q;;;;;;;;;-1;;;;+2/p-1/t16?,18-;11-;;;;7-;;;;;;;;/m01...0......../s1. The van der Waals surface area contributed by atoms with Crippen LogP contribution in [0.4, 0.5) is 4.79 Å². The Morgan fingerprint density at radius 2 is 0.874 bits per heavy atom. The number of benzene rings is 2. The number of nitrogens with two attached hydrogens (primary N) is 2. The Labute approximate surface area is 860 Å². The molecule has 2 aromatic carbocycles. The number of nitrogens with zero attached hydrogens (tertiary/aromatic N) is 3. The van der Waals surface area contributed by atoms with Crippen LogP contribution in [0.25, 0.3) is 10.4 Å². The molecular weight excluding hydrogens is 1910 g/mol. The van der Waals surface area contributed by atoms with E-state index < -0.39 is 30.1 Å². The monoisotopic (exact) mass is 2060 g/mol. The molecule has 10 heterocycles. The van der Waals surface area contributed by atoms with Crippen LogP contribution >= 0.6 is 91.8 Å². The summed E-state index contributed by atoms with van der Waals surface area (Å²) in [7, 11) is 0. The molecule has 0 spiro atoms. The first kappa shape index (κ1) is 131. The minimum absolute atomic E-state index is 0. The Morgan fingerprint density at radius 1 is 0.504 bits per heavy atom. The van der Waals surface area contributed by atoms with Crippen LogP contribution in [-0.2, 0) is 89.0 Å². The number of ether oxygens (including phenoxy) is 11. The number of aliphatic carboxylic acids is 2. The van der Waals surface area contributed by atoms with Crippen molar-refractivity contribution in [3.8, 4) is 23.0 Å². The van der Waals surface area contributed by atoms with Gasteiger partial charge in [-0.05, 0) is 172 Å². The van der Waals surface area contributed by atoms with E-state index in [9.17, 15) is 24.6 Å². The van der Waals surface area contributed by atoms with Gasteiger partial charge in [0.05, 0.1) is 135 Å². The molecule has 6 unspecified atom stereocenters. The first-order chi connectivity index (χ1) is 63.7. The number of amides is 2. The summed E-state index contributed by atoms with van der Waals surface area (Å²) in [4.78, 5) is 45.8. The molecule has 7 aromatic heterocycles. The van der Waals surface area contributed by atoms with Crippen LogP contribution in [-0.4, -0.2) is 163 Å². The normalized spacial score (nSPS) is 13.4. The topological polar surface area (TPSA) is 382 Å². The van der Waals surface area contributed by atoms with Gasteiger partial charge in [-0.15, -0.1) is 91.8 Å². The van der Waals surface area contributed by atoms with Gasteiger partial charge in [0.15, 0.2) is 23.0 Å². The molecule has 0 aliphatic carbocycles. The SMILES string of the molecule is C.CCC(O)COCc1cccs1.CCC1CO1.CCCCC(COCc1cccs1)N=[N+]=[N-].CCCCC(COCc1cccs1)NC(=O)N[C@@H](CC(=O)O)c1ccc2c(c1)OCO2.CCCCC(N)COCc1cccs1.CCCCC(O)COCc1cccs1.CCCC[C@@H](C)COCc1cccs1.Cl.N[C@@H](CC(=O)O)c1ccc2c(c1)OCO2.OCc1cccs1.[CH2-]CC.[Cl-].[Mg+2]. The van der Waals surface area contributed by atoms with E-state index in [0.717, 1.165) is 112 Å². The number of azide groups is 1. The second-order valence-corrected chi connectivity index (χ2v) is 37.9. The Bertz CT molecular complexity index is 4070. The van der Waals surface area contributed by atoms with Crippen molar-refractivity contribution in [3.05, 3.63) is 222 Å². The number of urea groups is 1. The number of carboxylic acid groups (broad SMARTS) is 2. The smallest absolute Gasteiger partial charge is 1.00 e. The van der Waals surface area contributed by atoms with Crippen LogP contribution < -0.4 is 53.5 Å². The Hall–Kier alpha value is -6.07. The van der Waals surface area contributed by atoms with Crippen LogP contribution in [0, 0.1) is 12.8 Å². The maximum Gasteiger partial charge on any atom is 2.00 e. The van der Waals surface area contributed by atoms with Gasteiger partial charge in [0.2, 0.25) is 13.6 Å². The molecule has 0 saturated carbocycles. The van der Waals surface area contributed by atoms with Gasteiger partial charge < -0.3 is 119 Å². The van der Waals surface area contributed by atoms with Crippen molar-refractivity contribution in [2.24, 2.45) is 22.5 Å². The third kappa shape index (κ3) is 67.8. The first-order valence-corrected chi connectivity index (χ1v) is 51.7. The molecule has 0 bridgehead atoms. The quantitative estimate of drug-likeness (QED) is 0.00427. The molecule has 0 radical (unpaired) electrons. The molecule has 11 N–H and O–H groups in total. The van der Waals surface area contributed by atoms with E-state index in [4.69, 9.17) is 84.4 Å². The maximum atomic E-state index is 12.7. The van der Waals surface area contributed by atoms with Crippen molar-refractivity contribution in [1.29, 1.82) is 0 Å². The summed E-state index contributed by atoms with van der Waals surface area (Å²) in [5, 5.41) is 68.7. The molecule has 3 aliphatic rings. The molecule has 12 rings (SSSR count). The number of unbranched alkanes of at least 4 members (excludes halogenated alkanes) is 5. The molecule has 756 valence electrons. The molecular formula is C99H153Cl2MgN7O19S7. The molecule has 2 amide bonds. The van der Waals surface area contributed by atoms with Gasteiger partial charge in [-0.3, -0.25) is 9.59 Å². The molecule has 1 fully saturated rings. The largest absolute Gasteiger partial charge is 2.00 e. The number of hydrogen-bond acceptors (Lipinski definition) is 27. The van der Waals surface area contributed by atoms with Gasteiger partial charge in [-0.2, -0.15) is 6.42 Å². The van der Waals surface area contributed by atoms with Crippen molar-refractivity contribution in [2.45, 2.75) is 293 Å². The van der Waals surface area contributed by atoms with E-state index in [0.29, 0.717) is 107 Å². The summed E-state index contributed by atoms with van der Waals surface area (Å²) < 4.78 is 59.0. The van der Waals surface area contributed by atoms with Crippen molar-refractivity contribution < 1.29 is 104 Å². The van der Waals surface area contributed by atoms with Gasteiger partial charge in [-0.1, -0.05) is 194 Å². The number of carbonyl (C=O) groups is 3. The number of hydrogen-bond donors (Lipinski definition) is 9. The minimum atomic E-state index is -1.01. The number of carbonyl (C=O) groups excluding carboxylic acids is 1. The molecule has 9 atom stereocenters. The van der Waals surface area contributed by atoms with Gasteiger partial charge in [-0.25, -0.2) is 4.79 Å². The molecule has 9 aromatic rings. The Balaban J connectivity index is 0. The number of rotatable bonds is 51. The molecule has 3 aliphatic heterocycles. The van der Waals surface area contributed by atoms with Crippen molar-refractivity contribution >= 4 is 133 Å². The number of halogens is 2. The van der Waals surface area contributed by atoms with Gasteiger partial charge in [0, 0.05) is 57.7 Å². The number of nitrogens with one attached hydrogen (secondary N) is 2. The van der Waals surface area contributed by atoms with Crippen LogP contribution in [0.2, 0.25) is 0 Å². The van der Waals surface area contributed by atoms with E-state index in [2.05, 4.69) is 105 Å². The Kier molecular flexibility index (Phi) is 84.4. The van der Waals surface area contributed by atoms with E-state index in [-0.39, 0.29) is 119 Å². The molecule has 36 heteroatoms. The van der Waals surface area contributed by atoms with Crippen molar-refractivity contribution in [2.75, 3.05) is 59.8 Å². The molecule has 135 heavy (non-hydrogen) atoms. The summed E-state index contributed by atoms with van der Waals surface area (Å²) in [6.07, 6.45) is 18.9. The van der Waals surface area contributed by atoms with Crippen molar-refractivity contribution in [1.82, 2.24) is 10.6 Å². The first-order valence-electron chi connectivity index (χ1n) is 45.5. The fourth-order valence-electron chi connectivity index (χ4n) is 11.5. The average Bonchev–Trinajstić information content (AvgIpc) is 1.74. The number of aliphatic hydroxyl groups is 3. The second kappa shape index (κ2) is 87.0. The predicted molar refractivity (Wildman–Crippen MR) is 554 cm³/mol. The summed E-state index contributed by atoms with van der Waals surface area (Å²) in [6.45, 7) is 31.3. The summed E-state index contributed by atoms with van der Waals surface area (Å²) in [5.74, 6) is 1.21. The number of thiophene rings is 7. The van der Waals surface area contributed by atoms with Gasteiger partial charge in [0.1, 0.15) is 0 Å². The number of carboxylic acids is 2. The zero-order valence-corrected chi connectivity index (χ0v) is 88.4. The predicted octanol–water partition coefficient (Wildman–Crippen LogP) is 21.8. The fraction of sp³-hybridized carbons (Fsp3) is 0.556. The van der Waals surface area contributed by atoms with E-state index in [1.165, 1.54) is 62.9 Å². The van der Waals surface area contributed by atoms with Gasteiger partial charge in [0.25, 0.3) is 0 Å². The zero-order valence-electron chi connectivity index (χ0n) is 79.7. The fourth-order valence-corrected chi connectivity index (χ4v) is 15.9. The number of aliphatic hydroxyl groups excluding tert-OH is 3. The summed E-state index contributed by atoms with van der Waals surface area (Å²) >= 11 is 11.7. The van der Waals surface area contributed by atoms with Crippen LogP contribution in [0.3, 0.4) is 0 Å². The number of epoxide rings is 1. The second-order valence-electron chi connectivity index (χ2n) is 30.7. The van der Waals surface area contributed by atoms with E-state index in [1.807, 2.05) is 107 Å². The van der Waals surface area contributed by atoms with Crippen LogP contribution in [0.1, 0.15) is 256 Å².